The molecule has 1 aromatic rings. The fraction of sp³-hybridized carbons (Fsp3) is 0.308. The summed E-state index contributed by atoms with van der Waals surface area (Å²) in [6.07, 6.45) is 4.96. The van der Waals surface area contributed by atoms with E-state index in [2.05, 4.69) is 11.0 Å². The fourth-order valence-corrected chi connectivity index (χ4v) is 1.84. The van der Waals surface area contributed by atoms with Gasteiger partial charge in [0.15, 0.2) is 0 Å². The molecule has 0 unspecified atom stereocenters. The summed E-state index contributed by atoms with van der Waals surface area (Å²) in [5.41, 5.74) is 2.20. The zero-order valence-corrected chi connectivity index (χ0v) is 9.06. The largest absolute Gasteiger partial charge is 0.378 e. The van der Waals surface area contributed by atoms with Crippen LogP contribution in [0.2, 0.25) is 0 Å². The van der Waals surface area contributed by atoms with E-state index in [9.17, 15) is 4.79 Å². The van der Waals surface area contributed by atoms with Crippen molar-refractivity contribution in [3.05, 3.63) is 35.9 Å². The molecule has 0 bridgehead atoms. The van der Waals surface area contributed by atoms with Crippen LogP contribution in [-0.4, -0.2) is 32.6 Å². The smallest absolute Gasteiger partial charge is 0.225 e. The second-order valence-corrected chi connectivity index (χ2v) is 3.61. The predicted molar refractivity (Wildman–Crippen MR) is 64.2 cm³/mol. The minimum atomic E-state index is 0.762. The van der Waals surface area contributed by atoms with Crippen molar-refractivity contribution in [1.29, 1.82) is 0 Å². The number of hydrogen-bond acceptors (Lipinski definition) is 3. The van der Waals surface area contributed by atoms with Crippen molar-refractivity contribution in [2.24, 2.45) is 0 Å². The number of rotatable bonds is 3. The van der Waals surface area contributed by atoms with Crippen molar-refractivity contribution in [3.63, 3.8) is 0 Å². The number of para-hydroxylation sites is 1. The van der Waals surface area contributed by atoms with Gasteiger partial charge in [0.25, 0.3) is 0 Å². The summed E-state index contributed by atoms with van der Waals surface area (Å²) in [7, 11) is 0. The van der Waals surface area contributed by atoms with E-state index in [1.807, 2.05) is 18.2 Å². The maximum absolute atomic E-state index is 10.2. The molecule has 0 aromatic heterocycles. The first-order valence-corrected chi connectivity index (χ1v) is 5.38. The van der Waals surface area contributed by atoms with Gasteiger partial charge < -0.3 is 9.64 Å². The Hall–Kier alpha value is -1.61. The summed E-state index contributed by atoms with van der Waals surface area (Å²) in [4.78, 5) is 12.5. The molecule has 1 fully saturated rings. The predicted octanol–water partition coefficient (Wildman–Crippen LogP) is 1.65. The molecule has 16 heavy (non-hydrogen) atoms. The van der Waals surface area contributed by atoms with Crippen molar-refractivity contribution in [2.75, 3.05) is 31.2 Å². The molecule has 1 heterocycles. The molecule has 1 aliphatic rings. The van der Waals surface area contributed by atoms with Crippen LogP contribution < -0.4 is 4.90 Å². The van der Waals surface area contributed by atoms with Crippen molar-refractivity contribution >= 4 is 18.0 Å². The second-order valence-electron chi connectivity index (χ2n) is 3.61. The van der Waals surface area contributed by atoms with Crippen LogP contribution in [0.25, 0.3) is 6.08 Å². The van der Waals surface area contributed by atoms with Gasteiger partial charge in [-0.3, -0.25) is 4.79 Å². The van der Waals surface area contributed by atoms with Crippen LogP contribution in [0.5, 0.6) is 0 Å². The van der Waals surface area contributed by atoms with Crippen molar-refractivity contribution in [3.8, 4) is 0 Å². The number of carbonyl (C=O) groups excluding carboxylic acids is 1. The lowest BCUT2D eigenvalue weighted by atomic mass is 10.1. The topological polar surface area (TPSA) is 29.5 Å². The Balaban J connectivity index is 2.24. The zero-order chi connectivity index (χ0) is 11.2. The Bertz CT molecular complexity index is 381. The number of morpholine rings is 1. The number of hydrogen-bond donors (Lipinski definition) is 0. The van der Waals surface area contributed by atoms with Gasteiger partial charge in [0.2, 0.25) is 6.29 Å². The highest BCUT2D eigenvalue weighted by molar-refractivity contribution is 5.78. The summed E-state index contributed by atoms with van der Waals surface area (Å²) in [5.74, 6) is 0. The lowest BCUT2D eigenvalue weighted by Crippen LogP contribution is -2.36. The van der Waals surface area contributed by atoms with Gasteiger partial charge in [-0.2, -0.15) is 0 Å². The lowest BCUT2D eigenvalue weighted by Gasteiger charge is -2.30. The van der Waals surface area contributed by atoms with E-state index in [0.717, 1.165) is 37.6 Å². The van der Waals surface area contributed by atoms with Gasteiger partial charge in [-0.05, 0) is 23.8 Å². The van der Waals surface area contributed by atoms with Gasteiger partial charge in [0.05, 0.1) is 13.2 Å². The number of benzene rings is 1. The standard InChI is InChI=1S/C13H14NO2/c15-9-3-5-12-4-1-2-6-13(12)14-7-10-16-11-8-14/h1-6H,7-8,10-11H2/b5-3+. The molecule has 1 saturated heterocycles. The van der Waals surface area contributed by atoms with Crippen molar-refractivity contribution < 1.29 is 9.53 Å². The lowest BCUT2D eigenvalue weighted by molar-refractivity contribution is 0.122. The normalized spacial score (nSPS) is 16.6. The van der Waals surface area contributed by atoms with Crippen LogP contribution in [0, 0.1) is 0 Å². The minimum absolute atomic E-state index is 0.762. The molecule has 2 rings (SSSR count). The van der Waals surface area contributed by atoms with E-state index in [4.69, 9.17) is 4.74 Å². The molecule has 0 spiro atoms. The van der Waals surface area contributed by atoms with Crippen LogP contribution in [0.3, 0.4) is 0 Å². The maximum Gasteiger partial charge on any atom is 0.225 e. The number of allylic oxidation sites excluding steroid dienone is 1. The SMILES string of the molecule is O=[C]/C=C/c1ccccc1N1CCOCC1. The summed E-state index contributed by atoms with van der Waals surface area (Å²) < 4.78 is 5.32. The maximum atomic E-state index is 10.2. The average Bonchev–Trinajstić information content (AvgIpc) is 2.38. The van der Waals surface area contributed by atoms with Crippen LogP contribution in [0.4, 0.5) is 5.69 Å². The van der Waals surface area contributed by atoms with E-state index in [1.54, 1.807) is 12.4 Å². The number of ether oxygens (including phenoxy) is 1. The van der Waals surface area contributed by atoms with Gasteiger partial charge >= 0.3 is 0 Å². The van der Waals surface area contributed by atoms with Crippen molar-refractivity contribution in [2.45, 2.75) is 0 Å². The summed E-state index contributed by atoms with van der Waals surface area (Å²) in [6, 6.07) is 8.04. The van der Waals surface area contributed by atoms with Crippen LogP contribution in [-0.2, 0) is 9.53 Å². The van der Waals surface area contributed by atoms with E-state index >= 15 is 0 Å². The van der Waals surface area contributed by atoms with Gasteiger partial charge in [0, 0.05) is 18.8 Å². The monoisotopic (exact) mass is 216 g/mol. The highest BCUT2D eigenvalue weighted by Crippen LogP contribution is 2.22. The summed E-state index contributed by atoms with van der Waals surface area (Å²) in [6.45, 7) is 3.32. The summed E-state index contributed by atoms with van der Waals surface area (Å²) in [5, 5.41) is 0. The molecule has 0 atom stereocenters. The first kappa shape index (κ1) is 10.9. The molecular weight excluding hydrogens is 202 g/mol. The average molecular weight is 216 g/mol. The first-order valence-electron chi connectivity index (χ1n) is 5.38. The van der Waals surface area contributed by atoms with E-state index in [-0.39, 0.29) is 0 Å². The van der Waals surface area contributed by atoms with E-state index in [0.29, 0.717) is 0 Å². The van der Waals surface area contributed by atoms with Gasteiger partial charge in [-0.25, -0.2) is 0 Å². The van der Waals surface area contributed by atoms with Gasteiger partial charge in [0.1, 0.15) is 0 Å². The number of nitrogens with zero attached hydrogens (tertiary/aromatic N) is 1. The van der Waals surface area contributed by atoms with E-state index < -0.39 is 0 Å². The van der Waals surface area contributed by atoms with Crippen LogP contribution >= 0.6 is 0 Å². The molecule has 0 N–H and O–H groups in total. The van der Waals surface area contributed by atoms with Gasteiger partial charge in [-0.1, -0.05) is 18.2 Å². The van der Waals surface area contributed by atoms with Crippen LogP contribution in [0.1, 0.15) is 5.56 Å². The molecular formula is C13H14NO2. The quantitative estimate of drug-likeness (QED) is 0.719. The number of anilines is 1. The van der Waals surface area contributed by atoms with E-state index in [1.165, 1.54) is 6.08 Å². The molecule has 0 saturated carbocycles. The third kappa shape index (κ3) is 2.49. The highest BCUT2D eigenvalue weighted by atomic mass is 16.5. The Kier molecular flexibility index (Phi) is 3.72. The van der Waals surface area contributed by atoms with Crippen LogP contribution in [0.15, 0.2) is 30.3 Å². The molecule has 0 aliphatic carbocycles. The molecule has 3 nitrogen and oxygen atoms in total. The molecule has 1 aliphatic heterocycles. The molecule has 3 heteroatoms. The molecule has 83 valence electrons. The minimum Gasteiger partial charge on any atom is -0.378 e. The van der Waals surface area contributed by atoms with Gasteiger partial charge in [-0.15, -0.1) is 0 Å². The fourth-order valence-electron chi connectivity index (χ4n) is 1.84. The highest BCUT2D eigenvalue weighted by Gasteiger charge is 2.12. The third-order valence-corrected chi connectivity index (χ3v) is 2.62. The Morgan fingerprint density at radius 1 is 1.25 bits per heavy atom. The molecule has 0 amide bonds. The second kappa shape index (κ2) is 5.47. The summed E-state index contributed by atoms with van der Waals surface area (Å²) >= 11 is 0. The Morgan fingerprint density at radius 3 is 2.75 bits per heavy atom. The Labute approximate surface area is 95.3 Å². The van der Waals surface area contributed by atoms with Crippen molar-refractivity contribution in [1.82, 2.24) is 0 Å². The molecule has 1 aromatic carbocycles. The zero-order valence-electron chi connectivity index (χ0n) is 9.06. The molecule has 1 radical (unpaired) electrons. The third-order valence-electron chi connectivity index (χ3n) is 2.62. The Morgan fingerprint density at radius 2 is 2.00 bits per heavy atom. The first-order chi connectivity index (χ1) is 7.92.